The number of benzene rings is 1. The Morgan fingerprint density at radius 3 is 2.74 bits per heavy atom. The van der Waals surface area contributed by atoms with E-state index < -0.39 is 0 Å². The van der Waals surface area contributed by atoms with Crippen molar-refractivity contribution in [3.63, 3.8) is 0 Å². The van der Waals surface area contributed by atoms with Gasteiger partial charge in [-0.3, -0.25) is 9.78 Å². The minimum absolute atomic E-state index is 0.227. The van der Waals surface area contributed by atoms with Crippen molar-refractivity contribution in [2.24, 2.45) is 0 Å². The topological polar surface area (TPSA) is 51.2 Å². The summed E-state index contributed by atoms with van der Waals surface area (Å²) in [4.78, 5) is 16.3. The summed E-state index contributed by atoms with van der Waals surface area (Å²) in [5.74, 6) is 0.293. The molecule has 1 aromatic carbocycles. The zero-order valence-electron chi connectivity index (χ0n) is 10.6. The van der Waals surface area contributed by atoms with Crippen molar-refractivity contribution in [3.05, 3.63) is 52.3 Å². The molecule has 0 bridgehead atoms. The number of aryl methyl sites for hydroxylation is 1. The van der Waals surface area contributed by atoms with Crippen molar-refractivity contribution in [2.45, 2.75) is 6.92 Å². The molecule has 19 heavy (non-hydrogen) atoms. The molecule has 0 unspecified atom stereocenters. The van der Waals surface area contributed by atoms with E-state index in [-0.39, 0.29) is 5.91 Å². The van der Waals surface area contributed by atoms with Crippen LogP contribution in [0.2, 0.25) is 0 Å². The van der Waals surface area contributed by atoms with Gasteiger partial charge in [0, 0.05) is 10.2 Å². The molecule has 0 atom stereocenters. The summed E-state index contributed by atoms with van der Waals surface area (Å²) in [5, 5.41) is 2.78. The number of carbonyl (C=O) groups excluding carboxylic acids is 1. The second kappa shape index (κ2) is 5.84. The Hall–Kier alpha value is -1.88. The van der Waals surface area contributed by atoms with Crippen LogP contribution in [0, 0.1) is 6.92 Å². The molecule has 4 nitrogen and oxygen atoms in total. The zero-order valence-corrected chi connectivity index (χ0v) is 12.2. The maximum absolute atomic E-state index is 12.2. The van der Waals surface area contributed by atoms with E-state index in [1.807, 2.05) is 19.1 Å². The van der Waals surface area contributed by atoms with E-state index >= 15 is 0 Å². The minimum Gasteiger partial charge on any atom is -0.496 e. The first-order chi connectivity index (χ1) is 9.10. The number of anilines is 1. The van der Waals surface area contributed by atoms with Crippen molar-refractivity contribution < 1.29 is 9.53 Å². The van der Waals surface area contributed by atoms with Gasteiger partial charge in [0.1, 0.15) is 5.75 Å². The van der Waals surface area contributed by atoms with Crippen LogP contribution in [0.5, 0.6) is 5.75 Å². The quantitative estimate of drug-likeness (QED) is 0.942. The molecule has 0 aliphatic rings. The van der Waals surface area contributed by atoms with Gasteiger partial charge in [-0.15, -0.1) is 0 Å². The van der Waals surface area contributed by atoms with Crippen LogP contribution in [0.4, 0.5) is 5.69 Å². The van der Waals surface area contributed by atoms with Crippen LogP contribution in [-0.2, 0) is 0 Å². The lowest BCUT2D eigenvalue weighted by Gasteiger charge is -2.09. The molecular weight excluding hydrogens is 308 g/mol. The lowest BCUT2D eigenvalue weighted by molar-refractivity contribution is 0.102. The van der Waals surface area contributed by atoms with Crippen LogP contribution in [-0.4, -0.2) is 18.0 Å². The number of nitrogens with zero attached hydrogens (tertiary/aromatic N) is 1. The third kappa shape index (κ3) is 3.32. The second-order valence-electron chi connectivity index (χ2n) is 3.99. The predicted molar refractivity (Wildman–Crippen MR) is 77.6 cm³/mol. The molecule has 1 N–H and O–H groups in total. The lowest BCUT2D eigenvalue weighted by atomic mass is 10.2. The van der Waals surface area contributed by atoms with Crippen molar-refractivity contribution in [1.29, 1.82) is 0 Å². The summed E-state index contributed by atoms with van der Waals surface area (Å²) < 4.78 is 6.06. The highest BCUT2D eigenvalue weighted by Crippen LogP contribution is 2.24. The van der Waals surface area contributed by atoms with Crippen molar-refractivity contribution in [1.82, 2.24) is 4.98 Å². The Morgan fingerprint density at radius 2 is 2.11 bits per heavy atom. The number of pyridine rings is 1. The molecule has 1 heterocycles. The van der Waals surface area contributed by atoms with Gasteiger partial charge in [-0.25, -0.2) is 0 Å². The summed E-state index contributed by atoms with van der Waals surface area (Å²) in [5.41, 5.74) is 2.03. The summed E-state index contributed by atoms with van der Waals surface area (Å²) >= 11 is 3.34. The van der Waals surface area contributed by atoms with Gasteiger partial charge < -0.3 is 10.1 Å². The molecule has 2 rings (SSSR count). The number of halogens is 1. The number of carbonyl (C=O) groups is 1. The molecule has 1 aromatic heterocycles. The van der Waals surface area contributed by atoms with E-state index in [4.69, 9.17) is 4.74 Å². The zero-order chi connectivity index (χ0) is 13.8. The third-order valence-corrected chi connectivity index (χ3v) is 3.07. The molecule has 1 amide bonds. The molecule has 0 spiro atoms. The number of hydrogen-bond acceptors (Lipinski definition) is 3. The van der Waals surface area contributed by atoms with Crippen LogP contribution in [0.25, 0.3) is 0 Å². The van der Waals surface area contributed by atoms with Crippen LogP contribution < -0.4 is 10.1 Å². The number of methoxy groups -OCH3 is 1. The summed E-state index contributed by atoms with van der Waals surface area (Å²) in [6, 6.07) is 8.91. The van der Waals surface area contributed by atoms with Gasteiger partial charge >= 0.3 is 0 Å². The fraction of sp³-hybridized carbons (Fsp3) is 0.143. The van der Waals surface area contributed by atoms with E-state index in [2.05, 4.69) is 26.2 Å². The number of nitrogens with one attached hydrogen (secondary N) is 1. The third-order valence-electron chi connectivity index (χ3n) is 2.58. The first kappa shape index (κ1) is 13.5. The highest BCUT2D eigenvalue weighted by molar-refractivity contribution is 9.10. The molecule has 0 radical (unpaired) electrons. The highest BCUT2D eigenvalue weighted by atomic mass is 79.9. The van der Waals surface area contributed by atoms with E-state index in [0.717, 1.165) is 10.2 Å². The van der Waals surface area contributed by atoms with Gasteiger partial charge in [-0.2, -0.15) is 0 Å². The Kier molecular flexibility index (Phi) is 4.16. The summed E-state index contributed by atoms with van der Waals surface area (Å²) in [6.07, 6.45) is 1.62. The monoisotopic (exact) mass is 320 g/mol. The van der Waals surface area contributed by atoms with Crippen LogP contribution in [0.1, 0.15) is 16.1 Å². The van der Waals surface area contributed by atoms with Crippen molar-refractivity contribution in [2.75, 3.05) is 12.4 Å². The second-order valence-corrected chi connectivity index (χ2v) is 4.90. The van der Waals surface area contributed by atoms with Crippen molar-refractivity contribution in [3.8, 4) is 5.75 Å². The Balaban J connectivity index is 2.22. The van der Waals surface area contributed by atoms with Gasteiger partial charge in [0.2, 0.25) is 0 Å². The first-order valence-corrected chi connectivity index (χ1v) is 6.47. The fourth-order valence-corrected chi connectivity index (χ4v) is 1.93. The van der Waals surface area contributed by atoms with Gasteiger partial charge in [-0.1, -0.05) is 15.9 Å². The molecular formula is C14H13BrN2O2. The number of amides is 1. The first-order valence-electron chi connectivity index (χ1n) is 5.67. The molecule has 0 saturated carbocycles. The largest absolute Gasteiger partial charge is 0.496 e. The standard InChI is InChI=1S/C14H13BrN2O2/c1-9-3-5-11(8-16-9)17-14(18)12-6-4-10(15)7-13(12)19-2/h3-8H,1-2H3,(H,17,18). The number of hydrogen-bond donors (Lipinski definition) is 1. The maximum atomic E-state index is 12.2. The Bertz CT molecular complexity index is 597. The number of aromatic nitrogens is 1. The van der Waals surface area contributed by atoms with Gasteiger partial charge in [0.25, 0.3) is 5.91 Å². The van der Waals surface area contributed by atoms with Gasteiger partial charge in [0.05, 0.1) is 24.6 Å². The van der Waals surface area contributed by atoms with Crippen LogP contribution >= 0.6 is 15.9 Å². The smallest absolute Gasteiger partial charge is 0.259 e. The average Bonchev–Trinajstić information content (AvgIpc) is 2.41. The predicted octanol–water partition coefficient (Wildman–Crippen LogP) is 3.41. The Morgan fingerprint density at radius 1 is 1.32 bits per heavy atom. The average molecular weight is 321 g/mol. The minimum atomic E-state index is -0.227. The van der Waals surface area contributed by atoms with Crippen LogP contribution in [0.15, 0.2) is 41.0 Å². The molecule has 5 heteroatoms. The van der Waals surface area contributed by atoms with E-state index in [1.165, 1.54) is 7.11 Å². The number of rotatable bonds is 3. The normalized spacial score (nSPS) is 10.1. The molecule has 2 aromatic rings. The SMILES string of the molecule is COc1cc(Br)ccc1C(=O)Nc1ccc(C)nc1. The molecule has 98 valence electrons. The van der Waals surface area contributed by atoms with E-state index in [1.54, 1.807) is 24.4 Å². The Labute approximate surface area is 119 Å². The number of ether oxygens (including phenoxy) is 1. The van der Waals surface area contributed by atoms with Gasteiger partial charge in [-0.05, 0) is 37.3 Å². The molecule has 0 aliphatic carbocycles. The summed E-state index contributed by atoms with van der Waals surface area (Å²) in [6.45, 7) is 1.89. The fourth-order valence-electron chi connectivity index (χ4n) is 1.59. The van der Waals surface area contributed by atoms with E-state index in [0.29, 0.717) is 17.0 Å². The highest BCUT2D eigenvalue weighted by Gasteiger charge is 2.12. The lowest BCUT2D eigenvalue weighted by Crippen LogP contribution is -2.13. The molecule has 0 fully saturated rings. The van der Waals surface area contributed by atoms with Gasteiger partial charge in [0.15, 0.2) is 0 Å². The van der Waals surface area contributed by atoms with Crippen LogP contribution in [0.3, 0.4) is 0 Å². The van der Waals surface area contributed by atoms with Crippen molar-refractivity contribution >= 4 is 27.5 Å². The summed E-state index contributed by atoms with van der Waals surface area (Å²) in [7, 11) is 1.53. The molecule has 0 saturated heterocycles. The molecule has 0 aliphatic heterocycles. The maximum Gasteiger partial charge on any atom is 0.259 e. The van der Waals surface area contributed by atoms with E-state index in [9.17, 15) is 4.79 Å².